The monoisotopic (exact) mass is 203 g/mol. The number of oxazole rings is 1. The van der Waals surface area contributed by atoms with Crippen LogP contribution in [0.2, 0.25) is 5.02 Å². The number of fused-ring (bicyclic) bond motifs is 3. The number of benzene rings is 2. The van der Waals surface area contributed by atoms with Gasteiger partial charge in [-0.2, -0.15) is 0 Å². The summed E-state index contributed by atoms with van der Waals surface area (Å²) in [6.45, 7) is 0. The van der Waals surface area contributed by atoms with E-state index in [2.05, 4.69) is 4.98 Å². The zero-order valence-corrected chi connectivity index (χ0v) is 7.95. The molecule has 0 aliphatic heterocycles. The normalized spacial score (nSPS) is 11.2. The highest BCUT2D eigenvalue weighted by atomic mass is 35.5. The molecule has 0 aliphatic carbocycles. The number of hydrogen-bond donors (Lipinski definition) is 0. The van der Waals surface area contributed by atoms with Gasteiger partial charge in [0.1, 0.15) is 5.52 Å². The molecule has 0 amide bonds. The van der Waals surface area contributed by atoms with Crippen LogP contribution in [-0.4, -0.2) is 4.98 Å². The Morgan fingerprint density at radius 3 is 2.79 bits per heavy atom. The molecule has 1 heterocycles. The predicted molar refractivity (Wildman–Crippen MR) is 56.5 cm³/mol. The fourth-order valence-corrected chi connectivity index (χ4v) is 1.91. The molecule has 0 aliphatic rings. The highest BCUT2D eigenvalue weighted by molar-refractivity contribution is 6.37. The van der Waals surface area contributed by atoms with Crippen LogP contribution < -0.4 is 0 Å². The fourth-order valence-electron chi connectivity index (χ4n) is 1.65. The second-order valence-electron chi connectivity index (χ2n) is 3.10. The average Bonchev–Trinajstić information content (AvgIpc) is 2.66. The second-order valence-corrected chi connectivity index (χ2v) is 3.51. The molecule has 0 saturated heterocycles. The van der Waals surface area contributed by atoms with Gasteiger partial charge in [-0.1, -0.05) is 35.9 Å². The molecule has 3 heteroatoms. The zero-order chi connectivity index (χ0) is 9.54. The highest BCUT2D eigenvalue weighted by Gasteiger charge is 2.07. The van der Waals surface area contributed by atoms with E-state index < -0.39 is 0 Å². The van der Waals surface area contributed by atoms with Gasteiger partial charge in [-0.3, -0.25) is 0 Å². The maximum Gasteiger partial charge on any atom is 0.182 e. The van der Waals surface area contributed by atoms with Crippen LogP contribution in [0.1, 0.15) is 0 Å². The second kappa shape index (κ2) is 2.72. The van der Waals surface area contributed by atoms with Crippen LogP contribution in [0.25, 0.3) is 21.9 Å². The molecule has 0 bridgehead atoms. The minimum Gasteiger partial charge on any atom is -0.443 e. The van der Waals surface area contributed by atoms with Gasteiger partial charge in [0, 0.05) is 16.8 Å². The first kappa shape index (κ1) is 7.83. The van der Waals surface area contributed by atoms with E-state index in [1.165, 1.54) is 6.39 Å². The van der Waals surface area contributed by atoms with Crippen LogP contribution in [0.5, 0.6) is 0 Å². The Labute approximate surface area is 85.1 Å². The van der Waals surface area contributed by atoms with Crippen molar-refractivity contribution in [1.29, 1.82) is 0 Å². The van der Waals surface area contributed by atoms with Crippen molar-refractivity contribution in [1.82, 2.24) is 4.98 Å². The summed E-state index contributed by atoms with van der Waals surface area (Å²) >= 11 is 6.11. The first-order valence-corrected chi connectivity index (χ1v) is 4.64. The highest BCUT2D eigenvalue weighted by Crippen LogP contribution is 2.30. The van der Waals surface area contributed by atoms with E-state index in [9.17, 15) is 0 Å². The van der Waals surface area contributed by atoms with Crippen molar-refractivity contribution in [2.75, 3.05) is 0 Å². The SMILES string of the molecule is Clc1cc2ocnc2c2ccccc12. The summed E-state index contributed by atoms with van der Waals surface area (Å²) in [6.07, 6.45) is 1.44. The average molecular weight is 204 g/mol. The molecule has 14 heavy (non-hydrogen) atoms. The van der Waals surface area contributed by atoms with E-state index in [0.29, 0.717) is 5.02 Å². The Morgan fingerprint density at radius 1 is 1.14 bits per heavy atom. The Bertz CT molecular complexity index is 615. The Balaban J connectivity index is 2.67. The fraction of sp³-hybridized carbons (Fsp3) is 0. The number of rotatable bonds is 0. The summed E-state index contributed by atoms with van der Waals surface area (Å²) in [5.74, 6) is 0. The lowest BCUT2D eigenvalue weighted by Gasteiger charge is -1.99. The predicted octanol–water partition coefficient (Wildman–Crippen LogP) is 3.63. The summed E-state index contributed by atoms with van der Waals surface area (Å²) in [5, 5.41) is 2.74. The van der Waals surface area contributed by atoms with Gasteiger partial charge in [0.15, 0.2) is 12.0 Å². The van der Waals surface area contributed by atoms with Gasteiger partial charge in [0.25, 0.3) is 0 Å². The third-order valence-electron chi connectivity index (χ3n) is 2.29. The maximum absolute atomic E-state index is 6.11. The van der Waals surface area contributed by atoms with Crippen molar-refractivity contribution < 1.29 is 4.42 Å². The van der Waals surface area contributed by atoms with Crippen LogP contribution in [0.15, 0.2) is 41.1 Å². The largest absolute Gasteiger partial charge is 0.443 e. The van der Waals surface area contributed by atoms with E-state index in [-0.39, 0.29) is 0 Å². The summed E-state index contributed by atoms with van der Waals surface area (Å²) in [7, 11) is 0. The van der Waals surface area contributed by atoms with E-state index in [0.717, 1.165) is 21.9 Å². The third kappa shape index (κ3) is 0.946. The molecular weight excluding hydrogens is 198 g/mol. The number of nitrogens with zero attached hydrogens (tertiary/aromatic N) is 1. The standard InChI is InChI=1S/C11H6ClNO/c12-9-5-10-11(13-6-14-10)8-4-2-1-3-7(8)9/h1-6H. The number of aromatic nitrogens is 1. The van der Waals surface area contributed by atoms with Crippen molar-refractivity contribution in [3.05, 3.63) is 41.7 Å². The molecule has 2 nitrogen and oxygen atoms in total. The van der Waals surface area contributed by atoms with Crippen molar-refractivity contribution in [2.24, 2.45) is 0 Å². The first-order chi connectivity index (χ1) is 6.86. The van der Waals surface area contributed by atoms with Gasteiger partial charge in [0.2, 0.25) is 0 Å². The van der Waals surface area contributed by atoms with Crippen LogP contribution >= 0.6 is 11.6 Å². The van der Waals surface area contributed by atoms with E-state index in [4.69, 9.17) is 16.0 Å². The maximum atomic E-state index is 6.11. The van der Waals surface area contributed by atoms with Gasteiger partial charge in [-0.05, 0) is 0 Å². The van der Waals surface area contributed by atoms with E-state index >= 15 is 0 Å². The molecule has 0 N–H and O–H groups in total. The Kier molecular flexibility index (Phi) is 1.52. The Morgan fingerprint density at radius 2 is 1.93 bits per heavy atom. The Hall–Kier alpha value is -1.54. The molecular formula is C11H6ClNO. The van der Waals surface area contributed by atoms with Gasteiger partial charge in [-0.15, -0.1) is 0 Å². The molecule has 0 unspecified atom stereocenters. The van der Waals surface area contributed by atoms with Gasteiger partial charge < -0.3 is 4.42 Å². The van der Waals surface area contributed by atoms with Gasteiger partial charge in [0.05, 0.1) is 5.02 Å². The molecule has 0 radical (unpaired) electrons. The number of hydrogen-bond acceptors (Lipinski definition) is 2. The van der Waals surface area contributed by atoms with Gasteiger partial charge in [-0.25, -0.2) is 4.98 Å². The molecule has 0 atom stereocenters. The molecule has 0 saturated carbocycles. The van der Waals surface area contributed by atoms with E-state index in [1.54, 1.807) is 6.07 Å². The number of halogens is 1. The molecule has 3 rings (SSSR count). The molecule has 3 aromatic rings. The minimum atomic E-state index is 0.699. The van der Waals surface area contributed by atoms with Crippen LogP contribution in [0.3, 0.4) is 0 Å². The lowest BCUT2D eigenvalue weighted by atomic mass is 10.1. The third-order valence-corrected chi connectivity index (χ3v) is 2.60. The van der Waals surface area contributed by atoms with Crippen LogP contribution in [0, 0.1) is 0 Å². The lowest BCUT2D eigenvalue weighted by molar-refractivity contribution is 0.602. The van der Waals surface area contributed by atoms with Gasteiger partial charge >= 0.3 is 0 Å². The summed E-state index contributed by atoms with van der Waals surface area (Å²) in [4.78, 5) is 4.16. The summed E-state index contributed by atoms with van der Waals surface area (Å²) in [6, 6.07) is 9.69. The van der Waals surface area contributed by atoms with Crippen LogP contribution in [0.4, 0.5) is 0 Å². The quantitative estimate of drug-likeness (QED) is 0.558. The molecule has 68 valence electrons. The van der Waals surface area contributed by atoms with Crippen molar-refractivity contribution in [2.45, 2.75) is 0 Å². The van der Waals surface area contributed by atoms with Crippen molar-refractivity contribution >= 4 is 33.5 Å². The molecule has 0 spiro atoms. The lowest BCUT2D eigenvalue weighted by Crippen LogP contribution is -1.76. The first-order valence-electron chi connectivity index (χ1n) is 4.27. The van der Waals surface area contributed by atoms with Crippen molar-refractivity contribution in [3.8, 4) is 0 Å². The molecule has 1 aromatic heterocycles. The summed E-state index contributed by atoms with van der Waals surface area (Å²) < 4.78 is 5.21. The van der Waals surface area contributed by atoms with Crippen LogP contribution in [-0.2, 0) is 0 Å². The zero-order valence-electron chi connectivity index (χ0n) is 7.20. The minimum absolute atomic E-state index is 0.699. The topological polar surface area (TPSA) is 26.0 Å². The summed E-state index contributed by atoms with van der Waals surface area (Å²) in [5.41, 5.74) is 1.60. The molecule has 2 aromatic carbocycles. The molecule has 0 fully saturated rings. The van der Waals surface area contributed by atoms with E-state index in [1.807, 2.05) is 24.3 Å². The van der Waals surface area contributed by atoms with Crippen molar-refractivity contribution in [3.63, 3.8) is 0 Å². The smallest absolute Gasteiger partial charge is 0.182 e.